The molecule has 0 aliphatic carbocycles. The molecule has 0 fully saturated rings. The molecule has 0 amide bonds. The zero-order valence-corrected chi connectivity index (χ0v) is 7.42. The summed E-state index contributed by atoms with van der Waals surface area (Å²) in [5.41, 5.74) is 0. The lowest BCUT2D eigenvalue weighted by Gasteiger charge is -2.02. The highest BCUT2D eigenvalue weighted by molar-refractivity contribution is 7.99. The molecule has 0 aromatic heterocycles. The number of thioether (sulfide) groups is 1. The molecule has 0 saturated carbocycles. The smallest absolute Gasteiger partial charge is 0.152 e. The van der Waals surface area contributed by atoms with Gasteiger partial charge in [0.1, 0.15) is 0 Å². The van der Waals surface area contributed by atoms with Crippen LogP contribution >= 0.6 is 11.8 Å². The molecule has 1 rings (SSSR count). The minimum absolute atomic E-state index is 0.402. The van der Waals surface area contributed by atoms with E-state index in [4.69, 9.17) is 10.2 Å². The zero-order chi connectivity index (χ0) is 8.81. The van der Waals surface area contributed by atoms with Crippen molar-refractivity contribution in [2.75, 3.05) is 5.75 Å². The molecule has 2 nitrogen and oxygen atoms in total. The summed E-state index contributed by atoms with van der Waals surface area (Å²) < 4.78 is 0. The van der Waals surface area contributed by atoms with Crippen molar-refractivity contribution < 1.29 is 10.2 Å². The molecule has 2 N–H and O–H groups in total. The molecule has 65 valence electrons. The fraction of sp³-hybridized carbons (Fsp3) is 0.333. The average molecular weight is 183 g/mol. The predicted octanol–water partition coefficient (Wildman–Crippen LogP) is 1.28. The monoisotopic (exact) mass is 183 g/mol. The maximum absolute atomic E-state index is 8.56. The van der Waals surface area contributed by atoms with Crippen LogP contribution in [0.3, 0.4) is 0 Å². The molecule has 3 heteroatoms. The Morgan fingerprint density at radius 2 is 2.33 bits per heavy atom. The SMILES string of the molecule is OC(O)CCSc1c[c]ccc1. The van der Waals surface area contributed by atoms with Gasteiger partial charge in [-0.15, -0.1) is 11.8 Å². The summed E-state index contributed by atoms with van der Waals surface area (Å²) >= 11 is 1.60. The topological polar surface area (TPSA) is 40.5 Å². The molecule has 1 radical (unpaired) electrons. The van der Waals surface area contributed by atoms with Crippen LogP contribution in [-0.2, 0) is 0 Å². The summed E-state index contributed by atoms with van der Waals surface area (Å²) in [6.45, 7) is 0. The Hall–Kier alpha value is -0.510. The molecule has 0 spiro atoms. The number of hydrogen-bond acceptors (Lipinski definition) is 3. The number of aliphatic hydroxyl groups is 2. The van der Waals surface area contributed by atoms with Gasteiger partial charge in [0.15, 0.2) is 6.29 Å². The Balaban J connectivity index is 2.25. The third kappa shape index (κ3) is 3.76. The van der Waals surface area contributed by atoms with E-state index in [1.165, 1.54) is 0 Å². The Morgan fingerprint density at radius 3 is 2.92 bits per heavy atom. The van der Waals surface area contributed by atoms with Crippen LogP contribution in [0.1, 0.15) is 6.42 Å². The van der Waals surface area contributed by atoms with Gasteiger partial charge >= 0.3 is 0 Å². The summed E-state index contributed by atoms with van der Waals surface area (Å²) in [5, 5.41) is 17.1. The molecule has 0 atom stereocenters. The van der Waals surface area contributed by atoms with Crippen LogP contribution in [0.4, 0.5) is 0 Å². The average Bonchev–Trinajstić information content (AvgIpc) is 2.05. The first kappa shape index (κ1) is 9.58. The van der Waals surface area contributed by atoms with Gasteiger partial charge in [-0.3, -0.25) is 0 Å². The van der Waals surface area contributed by atoms with Crippen molar-refractivity contribution >= 4 is 11.8 Å². The lowest BCUT2D eigenvalue weighted by Crippen LogP contribution is -2.04. The van der Waals surface area contributed by atoms with Crippen LogP contribution in [0.2, 0.25) is 0 Å². The van der Waals surface area contributed by atoms with Crippen LogP contribution in [0, 0.1) is 6.07 Å². The van der Waals surface area contributed by atoms with E-state index in [0.29, 0.717) is 6.42 Å². The van der Waals surface area contributed by atoms with Crippen LogP contribution in [0.15, 0.2) is 29.2 Å². The van der Waals surface area contributed by atoms with E-state index in [1.54, 1.807) is 11.8 Å². The first-order valence-corrected chi connectivity index (χ1v) is 4.72. The van der Waals surface area contributed by atoms with Gasteiger partial charge in [0.25, 0.3) is 0 Å². The van der Waals surface area contributed by atoms with E-state index in [0.717, 1.165) is 10.6 Å². The minimum atomic E-state index is -1.19. The van der Waals surface area contributed by atoms with E-state index in [9.17, 15) is 0 Å². The van der Waals surface area contributed by atoms with Crippen molar-refractivity contribution in [3.8, 4) is 0 Å². The van der Waals surface area contributed by atoms with E-state index >= 15 is 0 Å². The molecule has 1 aromatic carbocycles. The van der Waals surface area contributed by atoms with Gasteiger partial charge in [0.05, 0.1) is 0 Å². The first-order chi connectivity index (χ1) is 5.79. The van der Waals surface area contributed by atoms with Crippen LogP contribution < -0.4 is 0 Å². The Labute approximate surface area is 76.2 Å². The Kier molecular flexibility index (Phi) is 4.14. The predicted molar refractivity (Wildman–Crippen MR) is 48.8 cm³/mol. The van der Waals surface area contributed by atoms with Crippen molar-refractivity contribution in [3.05, 3.63) is 30.3 Å². The maximum atomic E-state index is 8.56. The number of benzene rings is 1. The Bertz CT molecular complexity index is 211. The second-order valence-electron chi connectivity index (χ2n) is 2.36. The van der Waals surface area contributed by atoms with Crippen molar-refractivity contribution in [2.24, 2.45) is 0 Å². The van der Waals surface area contributed by atoms with E-state index in [1.807, 2.05) is 24.3 Å². The lowest BCUT2D eigenvalue weighted by atomic mass is 10.4. The van der Waals surface area contributed by atoms with Gasteiger partial charge in [-0.2, -0.15) is 0 Å². The minimum Gasteiger partial charge on any atom is -0.368 e. The molecular weight excluding hydrogens is 172 g/mol. The van der Waals surface area contributed by atoms with E-state index < -0.39 is 6.29 Å². The summed E-state index contributed by atoms with van der Waals surface area (Å²) in [4.78, 5) is 1.11. The summed E-state index contributed by atoms with van der Waals surface area (Å²) in [6, 6.07) is 10.6. The summed E-state index contributed by atoms with van der Waals surface area (Å²) in [7, 11) is 0. The summed E-state index contributed by atoms with van der Waals surface area (Å²) in [5.74, 6) is 0.718. The lowest BCUT2D eigenvalue weighted by molar-refractivity contribution is -0.0404. The van der Waals surface area contributed by atoms with Crippen molar-refractivity contribution in [3.63, 3.8) is 0 Å². The second-order valence-corrected chi connectivity index (χ2v) is 3.53. The molecule has 0 unspecified atom stereocenters. The maximum Gasteiger partial charge on any atom is 0.152 e. The first-order valence-electron chi connectivity index (χ1n) is 3.74. The molecule has 1 aromatic rings. The molecule has 0 bridgehead atoms. The standard InChI is InChI=1S/C9H11O2S/c10-9(11)6-7-12-8-4-2-1-3-5-8/h1-2,4-5,9-11H,6-7H2. The third-order valence-electron chi connectivity index (χ3n) is 1.32. The quantitative estimate of drug-likeness (QED) is 0.545. The van der Waals surface area contributed by atoms with Gasteiger partial charge < -0.3 is 10.2 Å². The van der Waals surface area contributed by atoms with Gasteiger partial charge in [-0.1, -0.05) is 12.1 Å². The largest absolute Gasteiger partial charge is 0.368 e. The Morgan fingerprint density at radius 1 is 1.50 bits per heavy atom. The van der Waals surface area contributed by atoms with Crippen molar-refractivity contribution in [2.45, 2.75) is 17.6 Å². The molecule has 0 saturated heterocycles. The number of aliphatic hydroxyl groups excluding tert-OH is 1. The van der Waals surface area contributed by atoms with Gasteiger partial charge in [0, 0.05) is 17.1 Å². The molecule has 0 aliphatic heterocycles. The molecule has 0 aliphatic rings. The van der Waals surface area contributed by atoms with Crippen LogP contribution in [-0.4, -0.2) is 22.3 Å². The fourth-order valence-electron chi connectivity index (χ4n) is 0.749. The van der Waals surface area contributed by atoms with Crippen LogP contribution in [0.25, 0.3) is 0 Å². The van der Waals surface area contributed by atoms with Crippen molar-refractivity contribution in [1.29, 1.82) is 0 Å². The normalized spacial score (nSPS) is 10.6. The number of hydrogen-bond donors (Lipinski definition) is 2. The van der Waals surface area contributed by atoms with Gasteiger partial charge in [0.2, 0.25) is 0 Å². The van der Waals surface area contributed by atoms with Crippen molar-refractivity contribution in [1.82, 2.24) is 0 Å². The van der Waals surface area contributed by atoms with E-state index in [-0.39, 0.29) is 0 Å². The highest BCUT2D eigenvalue weighted by Crippen LogP contribution is 2.17. The van der Waals surface area contributed by atoms with Gasteiger partial charge in [-0.25, -0.2) is 0 Å². The van der Waals surface area contributed by atoms with Crippen LogP contribution in [0.5, 0.6) is 0 Å². The van der Waals surface area contributed by atoms with Gasteiger partial charge in [-0.05, 0) is 18.2 Å². The molecule has 12 heavy (non-hydrogen) atoms. The highest BCUT2D eigenvalue weighted by Gasteiger charge is 1.97. The molecule has 0 heterocycles. The third-order valence-corrected chi connectivity index (χ3v) is 2.35. The second kappa shape index (κ2) is 5.19. The fourth-order valence-corrected chi connectivity index (χ4v) is 1.64. The zero-order valence-electron chi connectivity index (χ0n) is 6.60. The number of rotatable bonds is 4. The summed E-state index contributed by atoms with van der Waals surface area (Å²) in [6.07, 6.45) is -0.787. The highest BCUT2D eigenvalue weighted by atomic mass is 32.2. The molecular formula is C9H11O2S. The van der Waals surface area contributed by atoms with E-state index in [2.05, 4.69) is 6.07 Å².